The number of anilines is 2. The van der Waals surface area contributed by atoms with Crippen LogP contribution in [0.25, 0.3) is 0 Å². The van der Waals surface area contributed by atoms with E-state index in [0.717, 1.165) is 36.2 Å². The standard InChI is InChI=1S/C12H17N5O/c1-3-5-13-11-7-12(17-9(2)16-11)14-8-10-4-6-15-18-10/h4,6-7H,3,5,8H2,1-2H3,(H2,13,14,16,17). The number of hydrogen-bond donors (Lipinski definition) is 2. The van der Waals surface area contributed by atoms with E-state index >= 15 is 0 Å². The van der Waals surface area contributed by atoms with Crippen LogP contribution in [0.5, 0.6) is 0 Å². The first-order valence-electron chi connectivity index (χ1n) is 6.01. The first-order valence-corrected chi connectivity index (χ1v) is 6.01. The van der Waals surface area contributed by atoms with Gasteiger partial charge in [0.25, 0.3) is 0 Å². The van der Waals surface area contributed by atoms with Gasteiger partial charge in [0, 0.05) is 18.7 Å². The molecule has 2 N–H and O–H groups in total. The van der Waals surface area contributed by atoms with Gasteiger partial charge >= 0.3 is 0 Å². The van der Waals surface area contributed by atoms with E-state index in [1.54, 1.807) is 6.20 Å². The fraction of sp³-hybridized carbons (Fsp3) is 0.417. The molecular formula is C12H17N5O. The Bertz CT molecular complexity index is 483. The largest absolute Gasteiger partial charge is 0.370 e. The number of aryl methyl sites for hydroxylation is 1. The molecule has 0 bridgehead atoms. The van der Waals surface area contributed by atoms with Crippen molar-refractivity contribution in [3.8, 4) is 0 Å². The first kappa shape index (κ1) is 12.3. The average Bonchev–Trinajstić information content (AvgIpc) is 2.86. The van der Waals surface area contributed by atoms with Crippen LogP contribution in [0, 0.1) is 6.92 Å². The van der Waals surface area contributed by atoms with Crippen LogP contribution in [0.4, 0.5) is 11.6 Å². The van der Waals surface area contributed by atoms with Gasteiger partial charge in [0.15, 0.2) is 5.76 Å². The average molecular weight is 247 g/mol. The molecule has 2 aromatic rings. The van der Waals surface area contributed by atoms with Crippen LogP contribution in [-0.2, 0) is 6.54 Å². The van der Waals surface area contributed by atoms with Gasteiger partial charge in [-0.1, -0.05) is 12.1 Å². The van der Waals surface area contributed by atoms with Gasteiger partial charge in [0.2, 0.25) is 0 Å². The lowest BCUT2D eigenvalue weighted by atomic mass is 10.4. The Hall–Kier alpha value is -2.11. The quantitative estimate of drug-likeness (QED) is 0.815. The third-order valence-electron chi connectivity index (χ3n) is 2.33. The second-order valence-corrected chi connectivity index (χ2v) is 3.94. The Morgan fingerprint density at radius 3 is 2.67 bits per heavy atom. The monoisotopic (exact) mass is 247 g/mol. The third kappa shape index (κ3) is 3.44. The van der Waals surface area contributed by atoms with E-state index in [1.807, 2.05) is 19.1 Å². The minimum Gasteiger partial charge on any atom is -0.370 e. The van der Waals surface area contributed by atoms with Crippen molar-refractivity contribution < 1.29 is 4.52 Å². The molecule has 6 heteroatoms. The maximum Gasteiger partial charge on any atom is 0.155 e. The fourth-order valence-electron chi connectivity index (χ4n) is 1.51. The molecule has 2 heterocycles. The molecule has 0 saturated heterocycles. The van der Waals surface area contributed by atoms with Crippen molar-refractivity contribution in [2.45, 2.75) is 26.8 Å². The maximum atomic E-state index is 5.01. The first-order chi connectivity index (χ1) is 8.78. The fourth-order valence-corrected chi connectivity index (χ4v) is 1.51. The summed E-state index contributed by atoms with van der Waals surface area (Å²) in [4.78, 5) is 8.64. The second-order valence-electron chi connectivity index (χ2n) is 3.94. The van der Waals surface area contributed by atoms with Crippen LogP contribution < -0.4 is 10.6 Å². The van der Waals surface area contributed by atoms with Gasteiger partial charge in [-0.25, -0.2) is 9.97 Å². The van der Waals surface area contributed by atoms with Gasteiger partial charge in [-0.3, -0.25) is 0 Å². The number of nitrogens with zero attached hydrogens (tertiary/aromatic N) is 3. The van der Waals surface area contributed by atoms with Crippen LogP contribution in [0.1, 0.15) is 24.9 Å². The summed E-state index contributed by atoms with van der Waals surface area (Å²) in [6.45, 7) is 5.45. The van der Waals surface area contributed by atoms with Crippen molar-refractivity contribution in [2.75, 3.05) is 17.2 Å². The van der Waals surface area contributed by atoms with E-state index in [1.165, 1.54) is 0 Å². The number of rotatable bonds is 6. The molecule has 2 rings (SSSR count). The van der Waals surface area contributed by atoms with Gasteiger partial charge < -0.3 is 15.2 Å². The highest BCUT2D eigenvalue weighted by atomic mass is 16.5. The predicted molar refractivity (Wildman–Crippen MR) is 69.4 cm³/mol. The summed E-state index contributed by atoms with van der Waals surface area (Å²) >= 11 is 0. The Morgan fingerprint density at radius 2 is 2.00 bits per heavy atom. The number of hydrogen-bond acceptors (Lipinski definition) is 6. The summed E-state index contributed by atoms with van der Waals surface area (Å²) in [5.41, 5.74) is 0. The highest BCUT2D eigenvalue weighted by molar-refractivity contribution is 5.47. The van der Waals surface area contributed by atoms with Crippen molar-refractivity contribution in [3.63, 3.8) is 0 Å². The summed E-state index contributed by atoms with van der Waals surface area (Å²) in [6, 6.07) is 3.70. The number of aromatic nitrogens is 3. The Morgan fingerprint density at radius 1 is 1.22 bits per heavy atom. The van der Waals surface area contributed by atoms with Crippen LogP contribution in [0.15, 0.2) is 22.9 Å². The van der Waals surface area contributed by atoms with Crippen LogP contribution >= 0.6 is 0 Å². The topological polar surface area (TPSA) is 75.9 Å². The lowest BCUT2D eigenvalue weighted by Crippen LogP contribution is -2.07. The van der Waals surface area contributed by atoms with E-state index in [0.29, 0.717) is 6.54 Å². The van der Waals surface area contributed by atoms with Gasteiger partial charge in [-0.2, -0.15) is 0 Å². The van der Waals surface area contributed by atoms with Crippen LogP contribution in [0.2, 0.25) is 0 Å². The van der Waals surface area contributed by atoms with E-state index in [2.05, 4.69) is 32.7 Å². The van der Waals surface area contributed by atoms with Crippen molar-refractivity contribution in [2.24, 2.45) is 0 Å². The molecule has 0 aliphatic rings. The molecule has 0 radical (unpaired) electrons. The SMILES string of the molecule is CCCNc1cc(NCc2ccno2)nc(C)n1. The minimum atomic E-state index is 0.559. The van der Waals surface area contributed by atoms with E-state index < -0.39 is 0 Å². The van der Waals surface area contributed by atoms with Crippen LogP contribution in [-0.4, -0.2) is 21.7 Å². The summed E-state index contributed by atoms with van der Waals surface area (Å²) in [5, 5.41) is 10.1. The van der Waals surface area contributed by atoms with Gasteiger partial charge in [0.05, 0.1) is 12.7 Å². The van der Waals surface area contributed by atoms with Crippen molar-refractivity contribution >= 4 is 11.6 Å². The molecule has 0 spiro atoms. The van der Waals surface area contributed by atoms with Gasteiger partial charge in [0.1, 0.15) is 17.5 Å². The Kier molecular flexibility index (Phi) is 4.11. The van der Waals surface area contributed by atoms with E-state index in [9.17, 15) is 0 Å². The molecule has 0 aliphatic heterocycles. The molecule has 0 aromatic carbocycles. The summed E-state index contributed by atoms with van der Waals surface area (Å²) < 4.78 is 5.01. The zero-order chi connectivity index (χ0) is 12.8. The molecule has 2 aromatic heterocycles. The van der Waals surface area contributed by atoms with Crippen molar-refractivity contribution in [1.82, 2.24) is 15.1 Å². The smallest absolute Gasteiger partial charge is 0.155 e. The maximum absolute atomic E-state index is 5.01. The molecule has 0 aliphatic carbocycles. The van der Waals surface area contributed by atoms with E-state index in [4.69, 9.17) is 4.52 Å². The second kappa shape index (κ2) is 6.00. The van der Waals surface area contributed by atoms with Crippen LogP contribution in [0.3, 0.4) is 0 Å². The summed E-state index contributed by atoms with van der Waals surface area (Å²) in [7, 11) is 0. The molecule has 18 heavy (non-hydrogen) atoms. The summed E-state index contributed by atoms with van der Waals surface area (Å²) in [5.74, 6) is 3.12. The van der Waals surface area contributed by atoms with Crippen molar-refractivity contribution in [1.29, 1.82) is 0 Å². The molecule has 0 saturated carbocycles. The molecule has 6 nitrogen and oxygen atoms in total. The molecule has 96 valence electrons. The lowest BCUT2D eigenvalue weighted by Gasteiger charge is -2.08. The van der Waals surface area contributed by atoms with Gasteiger partial charge in [-0.15, -0.1) is 0 Å². The zero-order valence-electron chi connectivity index (χ0n) is 10.6. The number of nitrogens with one attached hydrogen (secondary N) is 2. The highest BCUT2D eigenvalue weighted by Gasteiger charge is 2.02. The molecule has 0 fully saturated rings. The molecule has 0 atom stereocenters. The minimum absolute atomic E-state index is 0.559. The lowest BCUT2D eigenvalue weighted by molar-refractivity contribution is 0.388. The van der Waals surface area contributed by atoms with Gasteiger partial charge in [-0.05, 0) is 13.3 Å². The molecule has 0 unspecified atom stereocenters. The Balaban J connectivity index is 2.00. The molecular weight excluding hydrogens is 230 g/mol. The Labute approximate surface area is 106 Å². The third-order valence-corrected chi connectivity index (χ3v) is 2.33. The predicted octanol–water partition coefficient (Wildman–Crippen LogP) is 2.21. The summed E-state index contributed by atoms with van der Waals surface area (Å²) in [6.07, 6.45) is 2.68. The highest BCUT2D eigenvalue weighted by Crippen LogP contribution is 2.12. The normalized spacial score (nSPS) is 10.3. The molecule has 0 amide bonds. The van der Waals surface area contributed by atoms with Crippen molar-refractivity contribution in [3.05, 3.63) is 29.9 Å². The van der Waals surface area contributed by atoms with E-state index in [-0.39, 0.29) is 0 Å². The zero-order valence-corrected chi connectivity index (χ0v) is 10.6.